The lowest BCUT2D eigenvalue weighted by Crippen LogP contribution is -2.46. The van der Waals surface area contributed by atoms with Crippen molar-refractivity contribution in [1.82, 2.24) is 4.90 Å². The molecule has 1 unspecified atom stereocenters. The number of fused-ring (bicyclic) bond motifs is 1. The van der Waals surface area contributed by atoms with Gasteiger partial charge in [-0.1, -0.05) is 37.6 Å². The van der Waals surface area contributed by atoms with E-state index in [9.17, 15) is 4.79 Å². The van der Waals surface area contributed by atoms with Crippen molar-refractivity contribution >= 4 is 5.91 Å². The number of nitrogens with zero attached hydrogens (tertiary/aromatic N) is 1. The summed E-state index contributed by atoms with van der Waals surface area (Å²) < 4.78 is 0. The average Bonchev–Trinajstić information content (AvgIpc) is 2.81. The van der Waals surface area contributed by atoms with E-state index in [2.05, 4.69) is 31.2 Å². The van der Waals surface area contributed by atoms with Crippen molar-refractivity contribution in [2.24, 2.45) is 5.73 Å². The van der Waals surface area contributed by atoms with Gasteiger partial charge in [0.1, 0.15) is 0 Å². The van der Waals surface area contributed by atoms with Crippen molar-refractivity contribution in [1.29, 1.82) is 0 Å². The van der Waals surface area contributed by atoms with Gasteiger partial charge < -0.3 is 10.6 Å². The molecule has 0 aromatic heterocycles. The first-order valence-electron chi connectivity index (χ1n) is 6.72. The molecule has 0 heterocycles. The fraction of sp³-hybridized carbons (Fsp3) is 0.533. The highest BCUT2D eigenvalue weighted by Gasteiger charge is 2.29. The summed E-state index contributed by atoms with van der Waals surface area (Å²) in [6.07, 6.45) is 3.63. The predicted octanol–water partition coefficient (Wildman–Crippen LogP) is 1.74. The van der Waals surface area contributed by atoms with Crippen LogP contribution in [0.25, 0.3) is 0 Å². The van der Waals surface area contributed by atoms with Crippen LogP contribution in [0.3, 0.4) is 0 Å². The molecule has 0 radical (unpaired) electrons. The Hall–Kier alpha value is -1.35. The molecule has 1 aromatic carbocycles. The Morgan fingerprint density at radius 3 is 2.44 bits per heavy atom. The van der Waals surface area contributed by atoms with Crippen molar-refractivity contribution in [3.05, 3.63) is 35.4 Å². The topological polar surface area (TPSA) is 46.3 Å². The molecule has 0 spiro atoms. The van der Waals surface area contributed by atoms with Crippen molar-refractivity contribution in [2.75, 3.05) is 7.05 Å². The molecular weight excluding hydrogens is 224 g/mol. The minimum absolute atomic E-state index is 0.0784. The second kappa shape index (κ2) is 5.53. The van der Waals surface area contributed by atoms with Gasteiger partial charge in [-0.3, -0.25) is 4.79 Å². The summed E-state index contributed by atoms with van der Waals surface area (Å²) in [6.45, 7) is 2.05. The van der Waals surface area contributed by atoms with Crippen molar-refractivity contribution in [2.45, 2.75) is 44.7 Å². The summed E-state index contributed by atoms with van der Waals surface area (Å²) in [6, 6.07) is 8.36. The summed E-state index contributed by atoms with van der Waals surface area (Å²) >= 11 is 0. The maximum atomic E-state index is 12.2. The third-order valence-corrected chi connectivity index (χ3v) is 3.84. The summed E-state index contributed by atoms with van der Waals surface area (Å²) in [5, 5.41) is 0. The number of hydrogen-bond acceptors (Lipinski definition) is 2. The molecule has 3 nitrogen and oxygen atoms in total. The fourth-order valence-corrected chi connectivity index (χ4v) is 2.69. The van der Waals surface area contributed by atoms with E-state index in [-0.39, 0.29) is 18.0 Å². The zero-order chi connectivity index (χ0) is 13.1. The van der Waals surface area contributed by atoms with Crippen molar-refractivity contribution in [3.63, 3.8) is 0 Å². The van der Waals surface area contributed by atoms with Crippen LogP contribution in [-0.4, -0.2) is 29.9 Å². The summed E-state index contributed by atoms with van der Waals surface area (Å²) in [5.74, 6) is 0.0784. The number of hydrogen-bond donors (Lipinski definition) is 1. The van der Waals surface area contributed by atoms with E-state index >= 15 is 0 Å². The Morgan fingerprint density at radius 2 is 1.94 bits per heavy atom. The molecule has 1 aliphatic rings. The molecular formula is C15H22N2O. The highest BCUT2D eigenvalue weighted by molar-refractivity contribution is 5.81. The molecule has 98 valence electrons. The van der Waals surface area contributed by atoms with Gasteiger partial charge in [0.15, 0.2) is 0 Å². The van der Waals surface area contributed by atoms with Crippen LogP contribution < -0.4 is 5.73 Å². The number of carbonyl (C=O) groups is 1. The minimum atomic E-state index is -0.344. The Labute approximate surface area is 109 Å². The number of likely N-dealkylation sites (N-methyl/N-ethyl adjacent to an activating group) is 1. The number of rotatable bonds is 4. The monoisotopic (exact) mass is 246 g/mol. The van der Waals surface area contributed by atoms with Gasteiger partial charge in [-0.25, -0.2) is 0 Å². The third kappa shape index (κ3) is 2.56. The molecule has 1 atom stereocenters. The average molecular weight is 246 g/mol. The van der Waals surface area contributed by atoms with E-state index in [4.69, 9.17) is 5.73 Å². The normalized spacial score (nSPS) is 16.4. The molecule has 1 aromatic rings. The molecule has 0 saturated heterocycles. The second-order valence-electron chi connectivity index (χ2n) is 5.18. The van der Waals surface area contributed by atoms with Gasteiger partial charge in [0.2, 0.25) is 5.91 Å². The van der Waals surface area contributed by atoms with Crippen LogP contribution in [0.5, 0.6) is 0 Å². The maximum Gasteiger partial charge on any atom is 0.239 e. The van der Waals surface area contributed by atoms with E-state index in [1.807, 2.05) is 11.9 Å². The van der Waals surface area contributed by atoms with Gasteiger partial charge in [0.05, 0.1) is 6.04 Å². The van der Waals surface area contributed by atoms with Crippen LogP contribution in [0, 0.1) is 0 Å². The van der Waals surface area contributed by atoms with Gasteiger partial charge in [-0.2, -0.15) is 0 Å². The molecule has 0 bridgehead atoms. The van der Waals surface area contributed by atoms with Crippen molar-refractivity contribution < 1.29 is 4.79 Å². The lowest BCUT2D eigenvalue weighted by atomic mass is 10.1. The third-order valence-electron chi connectivity index (χ3n) is 3.84. The molecule has 0 fully saturated rings. The Balaban J connectivity index is 2.00. The number of carbonyl (C=O) groups excluding carboxylic acids is 1. The van der Waals surface area contributed by atoms with Gasteiger partial charge >= 0.3 is 0 Å². The first-order chi connectivity index (χ1) is 8.63. The van der Waals surface area contributed by atoms with Crippen LogP contribution >= 0.6 is 0 Å². The van der Waals surface area contributed by atoms with E-state index in [1.54, 1.807) is 0 Å². The summed E-state index contributed by atoms with van der Waals surface area (Å²) in [4.78, 5) is 14.0. The van der Waals surface area contributed by atoms with Gasteiger partial charge in [0.25, 0.3) is 0 Å². The molecule has 2 rings (SSSR count). The molecule has 18 heavy (non-hydrogen) atoms. The quantitative estimate of drug-likeness (QED) is 0.879. The summed E-state index contributed by atoms with van der Waals surface area (Å²) in [7, 11) is 1.88. The molecule has 0 saturated carbocycles. The number of benzene rings is 1. The van der Waals surface area contributed by atoms with E-state index in [0.29, 0.717) is 0 Å². The van der Waals surface area contributed by atoms with Gasteiger partial charge in [0, 0.05) is 13.1 Å². The van der Waals surface area contributed by atoms with Crippen LogP contribution in [0.2, 0.25) is 0 Å². The Kier molecular flexibility index (Phi) is 4.02. The van der Waals surface area contributed by atoms with Gasteiger partial charge in [-0.15, -0.1) is 0 Å². The van der Waals surface area contributed by atoms with E-state index < -0.39 is 0 Å². The minimum Gasteiger partial charge on any atom is -0.341 e. The molecule has 0 aliphatic heterocycles. The standard InChI is InChI=1S/C15H22N2O/c1-3-6-14(16)15(18)17(2)13-9-11-7-4-5-8-12(11)10-13/h4-5,7-8,13-14H,3,6,9-10,16H2,1-2H3. The number of amides is 1. The SMILES string of the molecule is CCCC(N)C(=O)N(C)C1Cc2ccccc2C1. The summed E-state index contributed by atoms with van der Waals surface area (Å²) in [5.41, 5.74) is 8.64. The zero-order valence-electron chi connectivity index (χ0n) is 11.2. The van der Waals surface area contributed by atoms with Crippen LogP contribution in [0.1, 0.15) is 30.9 Å². The maximum absolute atomic E-state index is 12.2. The van der Waals surface area contributed by atoms with Crippen LogP contribution in [0.4, 0.5) is 0 Å². The number of nitrogens with two attached hydrogens (primary N) is 1. The molecule has 1 amide bonds. The zero-order valence-corrected chi connectivity index (χ0v) is 11.2. The first-order valence-corrected chi connectivity index (χ1v) is 6.72. The predicted molar refractivity (Wildman–Crippen MR) is 73.3 cm³/mol. The van der Waals surface area contributed by atoms with Gasteiger partial charge in [-0.05, 0) is 30.4 Å². The molecule has 1 aliphatic carbocycles. The van der Waals surface area contributed by atoms with E-state index in [0.717, 1.165) is 25.7 Å². The van der Waals surface area contributed by atoms with E-state index in [1.165, 1.54) is 11.1 Å². The molecule has 2 N–H and O–H groups in total. The lowest BCUT2D eigenvalue weighted by molar-refractivity contribution is -0.133. The Bertz CT molecular complexity index is 405. The second-order valence-corrected chi connectivity index (χ2v) is 5.18. The lowest BCUT2D eigenvalue weighted by Gasteiger charge is -2.27. The first kappa shape index (κ1) is 13.1. The molecule has 3 heteroatoms. The Morgan fingerprint density at radius 1 is 1.39 bits per heavy atom. The highest BCUT2D eigenvalue weighted by atomic mass is 16.2. The highest BCUT2D eigenvalue weighted by Crippen LogP contribution is 2.25. The smallest absolute Gasteiger partial charge is 0.239 e. The van der Waals surface area contributed by atoms with Crippen LogP contribution in [-0.2, 0) is 17.6 Å². The largest absolute Gasteiger partial charge is 0.341 e. The van der Waals surface area contributed by atoms with Crippen LogP contribution in [0.15, 0.2) is 24.3 Å². The fourth-order valence-electron chi connectivity index (χ4n) is 2.69. The van der Waals surface area contributed by atoms with Crippen molar-refractivity contribution in [3.8, 4) is 0 Å².